The molecule has 1 atom stereocenters. The SMILES string of the molecule is COC(=O)c1ccc([N+](=O)[O-])c(N[C@H](CO)C(C)C)n1. The zero-order valence-corrected chi connectivity index (χ0v) is 11.5. The van der Waals surface area contributed by atoms with Gasteiger partial charge in [-0.25, -0.2) is 9.78 Å². The number of carbonyl (C=O) groups is 1. The summed E-state index contributed by atoms with van der Waals surface area (Å²) in [7, 11) is 1.20. The van der Waals surface area contributed by atoms with Gasteiger partial charge in [0.15, 0.2) is 5.69 Å². The number of aliphatic hydroxyl groups excluding tert-OH is 1. The van der Waals surface area contributed by atoms with Gasteiger partial charge in [-0.15, -0.1) is 0 Å². The highest BCUT2D eigenvalue weighted by molar-refractivity contribution is 5.88. The molecule has 20 heavy (non-hydrogen) atoms. The molecule has 0 amide bonds. The zero-order chi connectivity index (χ0) is 15.3. The number of esters is 1. The Hall–Kier alpha value is -2.22. The van der Waals surface area contributed by atoms with Crippen LogP contribution in [0.4, 0.5) is 11.5 Å². The number of hydrogen-bond donors (Lipinski definition) is 2. The van der Waals surface area contributed by atoms with Crippen molar-refractivity contribution in [1.82, 2.24) is 4.98 Å². The van der Waals surface area contributed by atoms with Gasteiger partial charge in [0.25, 0.3) is 0 Å². The van der Waals surface area contributed by atoms with Gasteiger partial charge >= 0.3 is 11.7 Å². The van der Waals surface area contributed by atoms with Gasteiger partial charge in [-0.05, 0) is 12.0 Å². The maximum Gasteiger partial charge on any atom is 0.356 e. The summed E-state index contributed by atoms with van der Waals surface area (Å²) in [5.74, 6) is -0.720. The van der Waals surface area contributed by atoms with E-state index in [9.17, 15) is 20.0 Å². The topological polar surface area (TPSA) is 115 Å². The maximum atomic E-state index is 11.4. The van der Waals surface area contributed by atoms with Gasteiger partial charge in [0, 0.05) is 6.07 Å². The Labute approximate surface area is 115 Å². The van der Waals surface area contributed by atoms with Crippen LogP contribution in [0.3, 0.4) is 0 Å². The van der Waals surface area contributed by atoms with Crippen LogP contribution >= 0.6 is 0 Å². The van der Waals surface area contributed by atoms with E-state index in [1.165, 1.54) is 19.2 Å². The Morgan fingerprint density at radius 1 is 1.55 bits per heavy atom. The fourth-order valence-electron chi connectivity index (χ4n) is 1.52. The highest BCUT2D eigenvalue weighted by Gasteiger charge is 2.22. The van der Waals surface area contributed by atoms with Crippen molar-refractivity contribution < 1.29 is 19.6 Å². The standard InChI is InChI=1S/C12H17N3O5/c1-7(2)9(6-16)14-11-10(15(18)19)5-4-8(13-11)12(17)20-3/h4-5,7,9,16H,6H2,1-3H3,(H,13,14)/t9-/m1/s1. The first-order valence-corrected chi connectivity index (χ1v) is 6.01. The van der Waals surface area contributed by atoms with E-state index in [1.54, 1.807) is 0 Å². The van der Waals surface area contributed by atoms with Crippen LogP contribution in [0.1, 0.15) is 24.3 Å². The highest BCUT2D eigenvalue weighted by Crippen LogP contribution is 2.24. The molecule has 0 unspecified atom stereocenters. The summed E-state index contributed by atoms with van der Waals surface area (Å²) in [6, 6.07) is 1.99. The van der Waals surface area contributed by atoms with E-state index >= 15 is 0 Å². The van der Waals surface area contributed by atoms with Crippen molar-refractivity contribution in [3.8, 4) is 0 Å². The van der Waals surface area contributed by atoms with Crippen molar-refractivity contribution in [2.45, 2.75) is 19.9 Å². The van der Waals surface area contributed by atoms with Crippen molar-refractivity contribution in [3.05, 3.63) is 27.9 Å². The molecule has 0 bridgehead atoms. The minimum absolute atomic E-state index is 0.0307. The summed E-state index contributed by atoms with van der Waals surface area (Å²) in [4.78, 5) is 25.7. The molecule has 0 spiro atoms. The summed E-state index contributed by atoms with van der Waals surface area (Å²) in [5, 5.41) is 23.0. The maximum absolute atomic E-state index is 11.4. The predicted molar refractivity (Wildman–Crippen MR) is 71.6 cm³/mol. The van der Waals surface area contributed by atoms with Gasteiger partial charge < -0.3 is 15.2 Å². The van der Waals surface area contributed by atoms with E-state index in [4.69, 9.17) is 0 Å². The van der Waals surface area contributed by atoms with Crippen molar-refractivity contribution in [1.29, 1.82) is 0 Å². The third-order valence-corrected chi connectivity index (χ3v) is 2.79. The molecule has 8 heteroatoms. The molecule has 0 aliphatic rings. The Balaban J connectivity index is 3.18. The molecule has 2 N–H and O–H groups in total. The number of anilines is 1. The summed E-state index contributed by atoms with van der Waals surface area (Å²) in [5.41, 5.74) is -0.308. The molecule has 0 aliphatic heterocycles. The Kier molecular flexibility index (Phi) is 5.39. The molecular weight excluding hydrogens is 266 g/mol. The van der Waals surface area contributed by atoms with Crippen molar-refractivity contribution in [3.63, 3.8) is 0 Å². The second kappa shape index (κ2) is 6.80. The van der Waals surface area contributed by atoms with Gasteiger partial charge in [0.1, 0.15) is 0 Å². The largest absolute Gasteiger partial charge is 0.464 e. The number of nitro groups is 1. The average Bonchev–Trinajstić information content (AvgIpc) is 2.42. The lowest BCUT2D eigenvalue weighted by atomic mass is 10.1. The number of nitrogens with zero attached hydrogens (tertiary/aromatic N) is 2. The molecule has 1 aromatic rings. The fourth-order valence-corrected chi connectivity index (χ4v) is 1.52. The van der Waals surface area contributed by atoms with Crippen LogP contribution in [0.5, 0.6) is 0 Å². The first-order valence-electron chi connectivity index (χ1n) is 6.01. The van der Waals surface area contributed by atoms with E-state index in [1.807, 2.05) is 13.8 Å². The molecule has 1 rings (SSSR count). The second-order valence-corrected chi connectivity index (χ2v) is 4.49. The molecule has 0 aromatic carbocycles. The van der Waals surface area contributed by atoms with Crippen LogP contribution < -0.4 is 5.32 Å². The lowest BCUT2D eigenvalue weighted by Crippen LogP contribution is -2.30. The monoisotopic (exact) mass is 283 g/mol. The number of ether oxygens (including phenoxy) is 1. The van der Waals surface area contributed by atoms with Gasteiger partial charge in [-0.2, -0.15) is 0 Å². The van der Waals surface area contributed by atoms with Crippen LogP contribution in [0.25, 0.3) is 0 Å². The molecular formula is C12H17N3O5. The van der Waals surface area contributed by atoms with E-state index < -0.39 is 16.9 Å². The van der Waals surface area contributed by atoms with Crippen LogP contribution in [0.15, 0.2) is 12.1 Å². The normalized spacial score (nSPS) is 12.1. The molecule has 0 saturated carbocycles. The molecule has 8 nitrogen and oxygen atoms in total. The van der Waals surface area contributed by atoms with Gasteiger partial charge in [0.05, 0.1) is 24.7 Å². The van der Waals surface area contributed by atoms with Crippen LogP contribution in [-0.4, -0.2) is 40.7 Å². The summed E-state index contributed by atoms with van der Waals surface area (Å²) in [6.07, 6.45) is 0. The second-order valence-electron chi connectivity index (χ2n) is 4.49. The van der Waals surface area contributed by atoms with Crippen LogP contribution in [-0.2, 0) is 4.74 Å². The van der Waals surface area contributed by atoms with Gasteiger partial charge in [-0.3, -0.25) is 10.1 Å². The lowest BCUT2D eigenvalue weighted by molar-refractivity contribution is -0.384. The Morgan fingerprint density at radius 3 is 2.65 bits per heavy atom. The number of hydrogen-bond acceptors (Lipinski definition) is 7. The summed E-state index contributed by atoms with van der Waals surface area (Å²) in [6.45, 7) is 3.49. The van der Waals surface area contributed by atoms with Gasteiger partial charge in [-0.1, -0.05) is 13.8 Å². The number of pyridine rings is 1. The lowest BCUT2D eigenvalue weighted by Gasteiger charge is -2.20. The number of nitrogens with one attached hydrogen (secondary N) is 1. The molecule has 1 aromatic heterocycles. The smallest absolute Gasteiger partial charge is 0.356 e. The predicted octanol–water partition coefficient (Wildman–Crippen LogP) is 1.21. The number of rotatable bonds is 6. The van der Waals surface area contributed by atoms with Crippen molar-refractivity contribution in [2.75, 3.05) is 19.0 Å². The molecule has 0 radical (unpaired) electrons. The summed E-state index contributed by atoms with van der Waals surface area (Å²) >= 11 is 0. The van der Waals surface area contributed by atoms with Crippen molar-refractivity contribution >= 4 is 17.5 Å². The first-order chi connectivity index (χ1) is 9.40. The molecule has 0 saturated heterocycles. The van der Waals surface area contributed by atoms with E-state index in [0.717, 1.165) is 0 Å². The van der Waals surface area contributed by atoms with Crippen molar-refractivity contribution in [2.24, 2.45) is 5.92 Å². The Bertz CT molecular complexity index is 504. The number of aromatic nitrogens is 1. The minimum Gasteiger partial charge on any atom is -0.464 e. The number of carbonyl (C=O) groups excluding carboxylic acids is 1. The Morgan fingerprint density at radius 2 is 2.20 bits per heavy atom. The minimum atomic E-state index is -0.687. The van der Waals surface area contributed by atoms with E-state index in [0.29, 0.717) is 0 Å². The molecule has 1 heterocycles. The quantitative estimate of drug-likeness (QED) is 0.458. The van der Waals surface area contributed by atoms with Crippen LogP contribution in [0.2, 0.25) is 0 Å². The molecule has 110 valence electrons. The average molecular weight is 283 g/mol. The fraction of sp³-hybridized carbons (Fsp3) is 0.500. The summed E-state index contributed by atoms with van der Waals surface area (Å²) < 4.78 is 4.52. The highest BCUT2D eigenvalue weighted by atomic mass is 16.6. The first kappa shape index (κ1) is 15.8. The number of aliphatic hydroxyl groups is 1. The zero-order valence-electron chi connectivity index (χ0n) is 11.5. The van der Waals surface area contributed by atoms with Gasteiger partial charge in [0.2, 0.25) is 5.82 Å². The molecule has 0 aliphatic carbocycles. The third-order valence-electron chi connectivity index (χ3n) is 2.79. The van der Waals surface area contributed by atoms with E-state index in [2.05, 4.69) is 15.0 Å². The van der Waals surface area contributed by atoms with Crippen LogP contribution in [0, 0.1) is 16.0 Å². The van der Waals surface area contributed by atoms with E-state index in [-0.39, 0.29) is 29.7 Å². The number of methoxy groups -OCH3 is 1. The third kappa shape index (κ3) is 3.64. The molecule has 0 fully saturated rings.